The molecule has 0 spiro atoms. The van der Waals surface area contributed by atoms with Crippen LogP contribution in [0.4, 0.5) is 13.2 Å². The Morgan fingerprint density at radius 2 is 1.92 bits per heavy atom. The maximum absolute atomic E-state index is 12.4. The van der Waals surface area contributed by atoms with Crippen LogP contribution in [-0.4, -0.2) is 60.5 Å². The van der Waals surface area contributed by atoms with E-state index in [1.807, 2.05) is 0 Å². The lowest BCUT2D eigenvalue weighted by molar-refractivity contribution is -0.153. The molecule has 0 radical (unpaired) electrons. The highest BCUT2D eigenvalue weighted by molar-refractivity contribution is 5.97. The van der Waals surface area contributed by atoms with Gasteiger partial charge in [-0.15, -0.1) is 0 Å². The van der Waals surface area contributed by atoms with E-state index in [0.29, 0.717) is 0 Å². The molecule has 2 atom stereocenters. The van der Waals surface area contributed by atoms with Gasteiger partial charge in [-0.2, -0.15) is 13.2 Å². The first kappa shape index (κ1) is 18.1. The Labute approximate surface area is 135 Å². The third-order valence-electron chi connectivity index (χ3n) is 3.65. The predicted octanol–water partition coefficient (Wildman–Crippen LogP) is 1.94. The fourth-order valence-corrected chi connectivity index (χ4v) is 2.45. The van der Waals surface area contributed by atoms with Crippen molar-refractivity contribution >= 4 is 11.9 Å². The molecular formula is C15H16F3NO5. The van der Waals surface area contributed by atoms with Crippen LogP contribution in [0.15, 0.2) is 24.3 Å². The van der Waals surface area contributed by atoms with Gasteiger partial charge in [0, 0.05) is 25.6 Å². The SMILES string of the molecule is COC1CC(C(=O)O)N(C(=O)c2ccc(OCC(F)(F)F)cc2)C1. The van der Waals surface area contributed by atoms with E-state index in [1.165, 1.54) is 36.3 Å². The summed E-state index contributed by atoms with van der Waals surface area (Å²) in [7, 11) is 1.43. The maximum Gasteiger partial charge on any atom is 0.422 e. The molecule has 1 amide bonds. The van der Waals surface area contributed by atoms with Crippen molar-refractivity contribution < 1.29 is 37.3 Å². The number of nitrogens with zero attached hydrogens (tertiary/aromatic N) is 1. The van der Waals surface area contributed by atoms with Crippen molar-refractivity contribution in [2.45, 2.75) is 24.7 Å². The van der Waals surface area contributed by atoms with Crippen molar-refractivity contribution in [1.82, 2.24) is 4.90 Å². The molecule has 9 heteroatoms. The number of hydrogen-bond donors (Lipinski definition) is 1. The third-order valence-corrected chi connectivity index (χ3v) is 3.65. The number of hydrogen-bond acceptors (Lipinski definition) is 4. The number of carboxylic acid groups (broad SMARTS) is 1. The Hall–Kier alpha value is -2.29. The zero-order valence-electron chi connectivity index (χ0n) is 12.7. The molecule has 0 aliphatic carbocycles. The second-order valence-electron chi connectivity index (χ2n) is 5.33. The summed E-state index contributed by atoms with van der Waals surface area (Å²) in [6.45, 7) is -1.29. The normalized spacial score (nSPS) is 20.9. The minimum Gasteiger partial charge on any atom is -0.484 e. The van der Waals surface area contributed by atoms with Crippen LogP contribution in [0.25, 0.3) is 0 Å². The van der Waals surface area contributed by atoms with Crippen molar-refractivity contribution in [2.75, 3.05) is 20.3 Å². The molecule has 1 heterocycles. The lowest BCUT2D eigenvalue weighted by atomic mass is 10.1. The van der Waals surface area contributed by atoms with E-state index in [4.69, 9.17) is 4.74 Å². The maximum atomic E-state index is 12.4. The molecule has 1 aliphatic heterocycles. The molecule has 2 unspecified atom stereocenters. The molecule has 0 aromatic heterocycles. The first-order valence-corrected chi connectivity index (χ1v) is 7.07. The number of ether oxygens (including phenoxy) is 2. The largest absolute Gasteiger partial charge is 0.484 e. The van der Waals surface area contributed by atoms with E-state index in [9.17, 15) is 27.9 Å². The van der Waals surface area contributed by atoms with E-state index in [-0.39, 0.29) is 30.4 Å². The summed E-state index contributed by atoms with van der Waals surface area (Å²) < 4.78 is 45.9. The number of benzene rings is 1. The lowest BCUT2D eigenvalue weighted by Gasteiger charge is -2.21. The molecule has 1 saturated heterocycles. The fourth-order valence-electron chi connectivity index (χ4n) is 2.45. The topological polar surface area (TPSA) is 76.1 Å². The van der Waals surface area contributed by atoms with E-state index in [1.54, 1.807) is 0 Å². The van der Waals surface area contributed by atoms with Gasteiger partial charge in [0.05, 0.1) is 6.10 Å². The molecule has 6 nitrogen and oxygen atoms in total. The zero-order valence-corrected chi connectivity index (χ0v) is 12.7. The predicted molar refractivity (Wildman–Crippen MR) is 75.9 cm³/mol. The number of carbonyl (C=O) groups excluding carboxylic acids is 1. The van der Waals surface area contributed by atoms with Crippen LogP contribution >= 0.6 is 0 Å². The van der Waals surface area contributed by atoms with Gasteiger partial charge in [0.25, 0.3) is 5.91 Å². The highest BCUT2D eigenvalue weighted by Crippen LogP contribution is 2.24. The molecule has 1 aliphatic rings. The summed E-state index contributed by atoms with van der Waals surface area (Å²) in [6, 6.07) is 4.07. The van der Waals surface area contributed by atoms with Gasteiger partial charge in [-0.1, -0.05) is 0 Å². The average molecular weight is 347 g/mol. The first-order valence-electron chi connectivity index (χ1n) is 7.07. The number of alkyl halides is 3. The molecule has 1 aromatic rings. The van der Waals surface area contributed by atoms with E-state index >= 15 is 0 Å². The van der Waals surface area contributed by atoms with Gasteiger partial charge in [-0.3, -0.25) is 4.79 Å². The van der Waals surface area contributed by atoms with Crippen LogP contribution in [0.5, 0.6) is 5.75 Å². The molecule has 132 valence electrons. The van der Waals surface area contributed by atoms with Crippen molar-refractivity contribution in [3.05, 3.63) is 29.8 Å². The third kappa shape index (κ3) is 4.38. The van der Waals surface area contributed by atoms with Gasteiger partial charge in [0.2, 0.25) is 0 Å². The summed E-state index contributed by atoms with van der Waals surface area (Å²) >= 11 is 0. The standard InChI is InChI=1S/C15H16F3NO5/c1-23-11-6-12(14(21)22)19(7-11)13(20)9-2-4-10(5-3-9)24-8-15(16,17)18/h2-5,11-12H,6-8H2,1H3,(H,21,22). The van der Waals surface area contributed by atoms with Crippen LogP contribution in [0.1, 0.15) is 16.8 Å². The van der Waals surface area contributed by atoms with E-state index in [0.717, 1.165) is 0 Å². The molecule has 0 bridgehead atoms. The number of likely N-dealkylation sites (tertiary alicyclic amines) is 1. The Morgan fingerprint density at radius 3 is 2.42 bits per heavy atom. The van der Waals surface area contributed by atoms with Gasteiger partial charge < -0.3 is 19.5 Å². The summed E-state index contributed by atoms with van der Waals surface area (Å²) in [6.07, 6.45) is -4.64. The number of carboxylic acids is 1. The zero-order chi connectivity index (χ0) is 17.9. The van der Waals surface area contributed by atoms with Gasteiger partial charge in [0.1, 0.15) is 11.8 Å². The first-order chi connectivity index (χ1) is 11.2. The van der Waals surface area contributed by atoms with Gasteiger partial charge in [-0.25, -0.2) is 4.79 Å². The Kier molecular flexibility index (Phi) is 5.33. The molecule has 0 saturated carbocycles. The quantitative estimate of drug-likeness (QED) is 0.881. The summed E-state index contributed by atoms with van der Waals surface area (Å²) in [5, 5.41) is 9.21. The van der Waals surface area contributed by atoms with Gasteiger partial charge in [-0.05, 0) is 24.3 Å². The van der Waals surface area contributed by atoms with Crippen LogP contribution < -0.4 is 4.74 Å². The molecule has 24 heavy (non-hydrogen) atoms. The molecule has 2 rings (SSSR count). The smallest absolute Gasteiger partial charge is 0.422 e. The van der Waals surface area contributed by atoms with E-state index < -0.39 is 30.7 Å². The minimum absolute atomic E-state index is 0.0325. The second-order valence-corrected chi connectivity index (χ2v) is 5.33. The molecule has 1 N–H and O–H groups in total. The number of amides is 1. The molecule has 1 aromatic carbocycles. The van der Waals surface area contributed by atoms with Gasteiger partial charge in [0.15, 0.2) is 6.61 Å². The second kappa shape index (κ2) is 7.08. The Bertz CT molecular complexity index is 602. The number of halogens is 3. The van der Waals surface area contributed by atoms with Crippen molar-refractivity contribution in [2.24, 2.45) is 0 Å². The van der Waals surface area contributed by atoms with Gasteiger partial charge >= 0.3 is 12.1 Å². The number of methoxy groups -OCH3 is 1. The van der Waals surface area contributed by atoms with Crippen molar-refractivity contribution in [1.29, 1.82) is 0 Å². The van der Waals surface area contributed by atoms with E-state index in [2.05, 4.69) is 4.74 Å². The summed E-state index contributed by atoms with van der Waals surface area (Å²) in [5.74, 6) is -1.69. The highest BCUT2D eigenvalue weighted by Gasteiger charge is 2.40. The Balaban J connectivity index is 2.07. The molecule has 1 fully saturated rings. The summed E-state index contributed by atoms with van der Waals surface area (Å²) in [5.41, 5.74) is 0.164. The number of rotatable bonds is 5. The average Bonchev–Trinajstić information content (AvgIpc) is 2.96. The minimum atomic E-state index is -4.45. The van der Waals surface area contributed by atoms with Crippen LogP contribution in [0.3, 0.4) is 0 Å². The number of aliphatic carboxylic acids is 1. The molecular weight excluding hydrogens is 331 g/mol. The van der Waals surface area contributed by atoms with Crippen LogP contribution in [0.2, 0.25) is 0 Å². The monoisotopic (exact) mass is 347 g/mol. The number of carbonyl (C=O) groups is 2. The van der Waals surface area contributed by atoms with Crippen LogP contribution in [0, 0.1) is 0 Å². The van der Waals surface area contributed by atoms with Crippen molar-refractivity contribution in [3.63, 3.8) is 0 Å². The van der Waals surface area contributed by atoms with Crippen LogP contribution in [-0.2, 0) is 9.53 Å². The van der Waals surface area contributed by atoms with Crippen molar-refractivity contribution in [3.8, 4) is 5.75 Å². The fraction of sp³-hybridized carbons (Fsp3) is 0.467. The lowest BCUT2D eigenvalue weighted by Crippen LogP contribution is -2.40. The highest BCUT2D eigenvalue weighted by atomic mass is 19.4. The summed E-state index contributed by atoms with van der Waals surface area (Å²) in [4.78, 5) is 24.9. The Morgan fingerprint density at radius 1 is 1.29 bits per heavy atom.